The molecular formula is C16H15F3N2O3S. The number of alkyl halides is 3. The van der Waals surface area contributed by atoms with Gasteiger partial charge in [0.1, 0.15) is 0 Å². The molecule has 0 heterocycles. The number of carbonyl (C=O) groups is 1. The number of para-hydroxylation sites is 1. The molecule has 0 saturated heterocycles. The summed E-state index contributed by atoms with van der Waals surface area (Å²) in [5.41, 5.74) is -1.03. The number of nitrogens with one attached hydrogen (secondary N) is 2. The van der Waals surface area contributed by atoms with Crippen LogP contribution in [0.5, 0.6) is 0 Å². The molecule has 0 aromatic heterocycles. The minimum atomic E-state index is -4.71. The Balaban J connectivity index is 2.47. The fraction of sp³-hybridized carbons (Fsp3) is 0.188. The third kappa shape index (κ3) is 4.11. The van der Waals surface area contributed by atoms with Gasteiger partial charge in [-0.3, -0.25) is 9.52 Å². The van der Waals surface area contributed by atoms with Crippen LogP contribution in [0.15, 0.2) is 47.4 Å². The number of hydrogen-bond donors (Lipinski definition) is 2. The summed E-state index contributed by atoms with van der Waals surface area (Å²) in [5.74, 6) is -0.495. The van der Waals surface area contributed by atoms with E-state index in [-0.39, 0.29) is 10.5 Å². The lowest BCUT2D eigenvalue weighted by Crippen LogP contribution is -2.21. The van der Waals surface area contributed by atoms with E-state index in [4.69, 9.17) is 0 Å². The first kappa shape index (κ1) is 18.8. The molecule has 0 radical (unpaired) electrons. The van der Waals surface area contributed by atoms with Gasteiger partial charge in [0.05, 0.1) is 16.1 Å². The van der Waals surface area contributed by atoms with Gasteiger partial charge in [0.15, 0.2) is 0 Å². The first-order valence-corrected chi connectivity index (χ1v) is 8.56. The lowest BCUT2D eigenvalue weighted by atomic mass is 10.1. The van der Waals surface area contributed by atoms with Crippen LogP contribution in [0.25, 0.3) is 0 Å². The Hall–Kier alpha value is -2.55. The first-order chi connectivity index (χ1) is 11.6. The van der Waals surface area contributed by atoms with Gasteiger partial charge in [0, 0.05) is 12.6 Å². The number of benzene rings is 2. The summed E-state index contributed by atoms with van der Waals surface area (Å²) in [6, 6.07) is 8.01. The standard InChI is InChI=1S/C16H15F3N2O3S/c1-10-7-8-11(9-12(10)15(22)20-2)25(23,24)21-14-6-4-3-5-13(14)16(17,18)19/h3-9,21H,1-2H3,(H,20,22). The van der Waals surface area contributed by atoms with Gasteiger partial charge < -0.3 is 5.32 Å². The zero-order chi connectivity index (χ0) is 18.8. The molecule has 0 spiro atoms. The highest BCUT2D eigenvalue weighted by atomic mass is 32.2. The van der Waals surface area contributed by atoms with Crippen molar-refractivity contribution < 1.29 is 26.4 Å². The molecule has 0 bridgehead atoms. The van der Waals surface area contributed by atoms with E-state index < -0.39 is 33.4 Å². The van der Waals surface area contributed by atoms with E-state index >= 15 is 0 Å². The number of carbonyl (C=O) groups excluding carboxylic acids is 1. The number of rotatable bonds is 4. The molecule has 0 aliphatic heterocycles. The van der Waals surface area contributed by atoms with Crippen LogP contribution in [0, 0.1) is 6.92 Å². The van der Waals surface area contributed by atoms with E-state index in [2.05, 4.69) is 5.32 Å². The Morgan fingerprint density at radius 2 is 1.72 bits per heavy atom. The zero-order valence-electron chi connectivity index (χ0n) is 13.3. The summed E-state index contributed by atoms with van der Waals surface area (Å²) in [6.45, 7) is 1.62. The third-order valence-corrected chi connectivity index (χ3v) is 4.83. The molecule has 0 atom stereocenters. The van der Waals surface area contributed by atoms with Crippen molar-refractivity contribution in [2.45, 2.75) is 18.0 Å². The van der Waals surface area contributed by atoms with Crippen LogP contribution in [0.4, 0.5) is 18.9 Å². The van der Waals surface area contributed by atoms with Crippen LogP contribution >= 0.6 is 0 Å². The van der Waals surface area contributed by atoms with Crippen LogP contribution < -0.4 is 10.0 Å². The highest BCUT2D eigenvalue weighted by Crippen LogP contribution is 2.35. The van der Waals surface area contributed by atoms with Crippen molar-refractivity contribution >= 4 is 21.6 Å². The molecule has 0 aliphatic carbocycles. The Bertz CT molecular complexity index is 909. The van der Waals surface area contributed by atoms with Gasteiger partial charge >= 0.3 is 6.18 Å². The number of aryl methyl sites for hydroxylation is 1. The van der Waals surface area contributed by atoms with Gasteiger partial charge in [0.25, 0.3) is 15.9 Å². The fourth-order valence-electron chi connectivity index (χ4n) is 2.17. The second kappa shape index (κ2) is 6.75. The second-order valence-corrected chi connectivity index (χ2v) is 6.89. The molecule has 0 unspecified atom stereocenters. The van der Waals surface area contributed by atoms with Crippen LogP contribution in [0.1, 0.15) is 21.5 Å². The summed E-state index contributed by atoms with van der Waals surface area (Å²) < 4.78 is 65.8. The van der Waals surface area contributed by atoms with E-state index in [9.17, 15) is 26.4 Å². The number of amides is 1. The number of halogens is 3. The molecule has 2 aromatic rings. The normalized spacial score (nSPS) is 11.9. The van der Waals surface area contributed by atoms with Gasteiger partial charge in [-0.25, -0.2) is 8.42 Å². The lowest BCUT2D eigenvalue weighted by Gasteiger charge is -2.15. The van der Waals surface area contributed by atoms with Crippen molar-refractivity contribution in [3.8, 4) is 0 Å². The Morgan fingerprint density at radius 3 is 2.32 bits per heavy atom. The molecule has 1 amide bonds. The molecule has 9 heteroatoms. The maximum atomic E-state index is 13.0. The quantitative estimate of drug-likeness (QED) is 0.866. The van der Waals surface area contributed by atoms with Crippen LogP contribution in [-0.2, 0) is 16.2 Å². The highest BCUT2D eigenvalue weighted by Gasteiger charge is 2.34. The predicted molar refractivity (Wildman–Crippen MR) is 86.8 cm³/mol. The Morgan fingerprint density at radius 1 is 1.08 bits per heavy atom. The average Bonchev–Trinajstić information content (AvgIpc) is 2.53. The predicted octanol–water partition coefficient (Wildman–Crippen LogP) is 3.17. The summed E-state index contributed by atoms with van der Waals surface area (Å²) >= 11 is 0. The van der Waals surface area contributed by atoms with E-state index in [1.54, 1.807) is 6.92 Å². The van der Waals surface area contributed by atoms with Crippen molar-refractivity contribution in [1.82, 2.24) is 5.32 Å². The largest absolute Gasteiger partial charge is 0.418 e. The third-order valence-electron chi connectivity index (χ3n) is 3.47. The molecule has 2 aromatic carbocycles. The van der Waals surface area contributed by atoms with Crippen molar-refractivity contribution in [3.05, 3.63) is 59.2 Å². The molecule has 25 heavy (non-hydrogen) atoms. The second-order valence-electron chi connectivity index (χ2n) is 5.20. The van der Waals surface area contributed by atoms with Crippen molar-refractivity contribution in [2.24, 2.45) is 0 Å². The number of anilines is 1. The maximum absolute atomic E-state index is 13.0. The van der Waals surface area contributed by atoms with Crippen molar-refractivity contribution in [2.75, 3.05) is 11.8 Å². The molecule has 134 valence electrons. The highest BCUT2D eigenvalue weighted by molar-refractivity contribution is 7.92. The summed E-state index contributed by atoms with van der Waals surface area (Å²) in [5, 5.41) is 2.38. The smallest absolute Gasteiger partial charge is 0.355 e. The average molecular weight is 372 g/mol. The monoisotopic (exact) mass is 372 g/mol. The molecular weight excluding hydrogens is 357 g/mol. The van der Waals surface area contributed by atoms with Gasteiger partial charge in [-0.2, -0.15) is 13.2 Å². The van der Waals surface area contributed by atoms with Crippen LogP contribution in [0.3, 0.4) is 0 Å². The van der Waals surface area contributed by atoms with Gasteiger partial charge in [0.2, 0.25) is 0 Å². The number of sulfonamides is 1. The zero-order valence-corrected chi connectivity index (χ0v) is 14.1. The summed E-state index contributed by atoms with van der Waals surface area (Å²) in [7, 11) is -2.92. The van der Waals surface area contributed by atoms with E-state index in [0.29, 0.717) is 5.56 Å². The molecule has 0 aliphatic rings. The van der Waals surface area contributed by atoms with E-state index in [1.165, 1.54) is 25.2 Å². The van der Waals surface area contributed by atoms with Gasteiger partial charge in [-0.15, -0.1) is 0 Å². The molecule has 0 saturated carbocycles. The Labute approximate surface area is 142 Å². The minimum absolute atomic E-state index is 0.120. The van der Waals surface area contributed by atoms with E-state index in [0.717, 1.165) is 24.3 Å². The maximum Gasteiger partial charge on any atom is 0.418 e. The SMILES string of the molecule is CNC(=O)c1cc(S(=O)(=O)Nc2ccccc2C(F)(F)F)ccc1C. The van der Waals surface area contributed by atoms with Crippen molar-refractivity contribution in [1.29, 1.82) is 0 Å². The summed E-state index contributed by atoms with van der Waals surface area (Å²) in [4.78, 5) is 11.5. The molecule has 5 nitrogen and oxygen atoms in total. The lowest BCUT2D eigenvalue weighted by molar-refractivity contribution is -0.136. The van der Waals surface area contributed by atoms with Gasteiger partial charge in [-0.1, -0.05) is 18.2 Å². The van der Waals surface area contributed by atoms with Crippen LogP contribution in [-0.4, -0.2) is 21.4 Å². The van der Waals surface area contributed by atoms with E-state index in [1.807, 2.05) is 4.72 Å². The molecule has 0 fully saturated rings. The first-order valence-electron chi connectivity index (χ1n) is 7.08. The van der Waals surface area contributed by atoms with Gasteiger partial charge in [-0.05, 0) is 36.8 Å². The Kier molecular flexibility index (Phi) is 5.07. The molecule has 2 N–H and O–H groups in total. The summed E-state index contributed by atoms with van der Waals surface area (Å²) in [6.07, 6.45) is -4.71. The number of hydrogen-bond acceptors (Lipinski definition) is 3. The van der Waals surface area contributed by atoms with Crippen molar-refractivity contribution in [3.63, 3.8) is 0 Å². The fourth-order valence-corrected chi connectivity index (χ4v) is 3.28. The minimum Gasteiger partial charge on any atom is -0.355 e. The topological polar surface area (TPSA) is 75.3 Å². The van der Waals surface area contributed by atoms with Crippen LogP contribution in [0.2, 0.25) is 0 Å². The molecule has 2 rings (SSSR count).